The van der Waals surface area contributed by atoms with E-state index in [0.29, 0.717) is 6.61 Å². The van der Waals surface area contributed by atoms with Crippen LogP contribution in [0, 0.1) is 6.92 Å². The van der Waals surface area contributed by atoms with Gasteiger partial charge >= 0.3 is 0 Å². The van der Waals surface area contributed by atoms with Crippen LogP contribution in [0.3, 0.4) is 0 Å². The Morgan fingerprint density at radius 3 is 2.53 bits per heavy atom. The molecule has 0 aliphatic heterocycles. The van der Waals surface area contributed by atoms with Gasteiger partial charge in [0.05, 0.1) is 0 Å². The van der Waals surface area contributed by atoms with Crippen molar-refractivity contribution in [1.82, 2.24) is 5.32 Å². The van der Waals surface area contributed by atoms with Crippen molar-refractivity contribution in [2.75, 3.05) is 7.05 Å². The quantitative estimate of drug-likeness (QED) is 0.892. The molecule has 0 unspecified atom stereocenters. The number of ether oxygens (including phenoxy) is 1. The molecule has 0 aliphatic rings. The minimum atomic E-state index is 0.570. The third kappa shape index (κ3) is 3.72. The molecule has 0 aromatic heterocycles. The highest BCUT2D eigenvalue weighted by Gasteiger charge is 2.04. The Labute approximate surface area is 119 Å². The smallest absolute Gasteiger partial charge is 0.122 e. The monoisotopic (exact) mass is 275 g/mol. The van der Waals surface area contributed by atoms with Gasteiger partial charge in [-0.05, 0) is 48.9 Å². The van der Waals surface area contributed by atoms with Crippen LogP contribution in [0.15, 0.2) is 42.5 Å². The summed E-state index contributed by atoms with van der Waals surface area (Å²) in [5, 5.41) is 3.90. The summed E-state index contributed by atoms with van der Waals surface area (Å²) < 4.78 is 5.88. The molecule has 19 heavy (non-hydrogen) atoms. The average Bonchev–Trinajstić information content (AvgIpc) is 2.40. The van der Waals surface area contributed by atoms with E-state index in [0.717, 1.165) is 22.9 Å². The number of hydrogen-bond acceptors (Lipinski definition) is 2. The number of nitrogens with one attached hydrogen (secondary N) is 1. The highest BCUT2D eigenvalue weighted by atomic mass is 35.5. The summed E-state index contributed by atoms with van der Waals surface area (Å²) in [5.41, 5.74) is 3.52. The molecule has 0 amide bonds. The Kier molecular flexibility index (Phi) is 4.83. The standard InChI is InChI=1S/C16H18ClNO/c1-12-9-15(17)7-8-16(12)19-11-14-6-4-3-5-13(14)10-18-2/h3-9,18H,10-11H2,1-2H3. The van der Waals surface area contributed by atoms with E-state index in [9.17, 15) is 0 Å². The highest BCUT2D eigenvalue weighted by molar-refractivity contribution is 6.30. The molecule has 0 saturated carbocycles. The fourth-order valence-electron chi connectivity index (χ4n) is 1.99. The van der Waals surface area contributed by atoms with Crippen LogP contribution in [0.5, 0.6) is 5.75 Å². The Bertz CT molecular complexity index is 554. The summed E-state index contributed by atoms with van der Waals surface area (Å²) in [7, 11) is 1.95. The van der Waals surface area contributed by atoms with Crippen molar-refractivity contribution < 1.29 is 4.74 Å². The summed E-state index contributed by atoms with van der Waals surface area (Å²) >= 11 is 5.94. The normalized spacial score (nSPS) is 10.5. The number of halogens is 1. The highest BCUT2D eigenvalue weighted by Crippen LogP contribution is 2.23. The zero-order valence-corrected chi connectivity index (χ0v) is 12.0. The van der Waals surface area contributed by atoms with Crippen LogP contribution in [-0.4, -0.2) is 7.05 Å². The van der Waals surface area contributed by atoms with Crippen molar-refractivity contribution in [2.24, 2.45) is 0 Å². The largest absolute Gasteiger partial charge is 0.489 e. The minimum absolute atomic E-state index is 0.570. The van der Waals surface area contributed by atoms with Crippen molar-refractivity contribution in [3.05, 3.63) is 64.2 Å². The topological polar surface area (TPSA) is 21.3 Å². The molecule has 2 aromatic carbocycles. The Balaban J connectivity index is 2.10. The lowest BCUT2D eigenvalue weighted by atomic mass is 10.1. The number of benzene rings is 2. The fourth-order valence-corrected chi connectivity index (χ4v) is 2.22. The molecule has 0 spiro atoms. The summed E-state index contributed by atoms with van der Waals surface area (Å²) in [6.45, 7) is 3.42. The maximum absolute atomic E-state index is 5.94. The van der Waals surface area contributed by atoms with E-state index in [1.165, 1.54) is 11.1 Å². The molecule has 0 bridgehead atoms. The van der Waals surface area contributed by atoms with Gasteiger partial charge in [0, 0.05) is 11.6 Å². The Hall–Kier alpha value is -1.51. The van der Waals surface area contributed by atoms with Gasteiger partial charge in [-0.15, -0.1) is 0 Å². The third-order valence-corrected chi connectivity index (χ3v) is 3.24. The SMILES string of the molecule is CNCc1ccccc1COc1ccc(Cl)cc1C. The van der Waals surface area contributed by atoms with Gasteiger partial charge in [-0.2, -0.15) is 0 Å². The first-order chi connectivity index (χ1) is 9.20. The third-order valence-electron chi connectivity index (χ3n) is 3.01. The number of hydrogen-bond donors (Lipinski definition) is 1. The van der Waals surface area contributed by atoms with Gasteiger partial charge in [-0.25, -0.2) is 0 Å². The van der Waals surface area contributed by atoms with Crippen LogP contribution in [0.2, 0.25) is 5.02 Å². The molecule has 0 fully saturated rings. The number of rotatable bonds is 5. The second-order valence-electron chi connectivity index (χ2n) is 4.50. The van der Waals surface area contributed by atoms with Crippen LogP contribution in [-0.2, 0) is 13.2 Å². The van der Waals surface area contributed by atoms with Gasteiger partial charge in [-0.3, -0.25) is 0 Å². The van der Waals surface area contributed by atoms with Gasteiger partial charge in [-0.1, -0.05) is 35.9 Å². The van der Waals surface area contributed by atoms with Gasteiger partial charge in [0.1, 0.15) is 12.4 Å². The van der Waals surface area contributed by atoms with Crippen molar-refractivity contribution >= 4 is 11.6 Å². The average molecular weight is 276 g/mol. The summed E-state index contributed by atoms with van der Waals surface area (Å²) in [6.07, 6.45) is 0. The maximum atomic E-state index is 5.94. The van der Waals surface area contributed by atoms with Crippen LogP contribution in [0.1, 0.15) is 16.7 Å². The van der Waals surface area contributed by atoms with E-state index >= 15 is 0 Å². The lowest BCUT2D eigenvalue weighted by molar-refractivity contribution is 0.302. The lowest BCUT2D eigenvalue weighted by Crippen LogP contribution is -2.09. The first-order valence-corrected chi connectivity index (χ1v) is 6.69. The van der Waals surface area contributed by atoms with Gasteiger partial charge < -0.3 is 10.1 Å². The molecule has 1 N–H and O–H groups in total. The van der Waals surface area contributed by atoms with E-state index in [2.05, 4.69) is 17.4 Å². The second-order valence-corrected chi connectivity index (χ2v) is 4.93. The van der Waals surface area contributed by atoms with E-state index in [1.807, 2.05) is 44.3 Å². The van der Waals surface area contributed by atoms with Crippen LogP contribution in [0.25, 0.3) is 0 Å². The van der Waals surface area contributed by atoms with Crippen molar-refractivity contribution in [3.63, 3.8) is 0 Å². The van der Waals surface area contributed by atoms with Gasteiger partial charge in [0.15, 0.2) is 0 Å². The molecular formula is C16H18ClNO. The molecule has 2 rings (SSSR count). The molecule has 0 aliphatic carbocycles. The molecule has 2 aromatic rings. The fraction of sp³-hybridized carbons (Fsp3) is 0.250. The van der Waals surface area contributed by atoms with Gasteiger partial charge in [0.2, 0.25) is 0 Å². The van der Waals surface area contributed by atoms with Crippen molar-refractivity contribution in [3.8, 4) is 5.75 Å². The molecule has 0 radical (unpaired) electrons. The van der Waals surface area contributed by atoms with E-state index < -0.39 is 0 Å². The summed E-state index contributed by atoms with van der Waals surface area (Å²) in [5.74, 6) is 0.878. The zero-order valence-electron chi connectivity index (χ0n) is 11.2. The first kappa shape index (κ1) is 13.9. The molecule has 0 saturated heterocycles. The van der Waals surface area contributed by atoms with E-state index in [4.69, 9.17) is 16.3 Å². The Morgan fingerprint density at radius 1 is 1.11 bits per heavy atom. The first-order valence-electron chi connectivity index (χ1n) is 6.31. The maximum Gasteiger partial charge on any atom is 0.122 e. The molecule has 0 heterocycles. The second kappa shape index (κ2) is 6.60. The molecule has 3 heteroatoms. The number of aryl methyl sites for hydroxylation is 1. The summed E-state index contributed by atoms with van der Waals surface area (Å²) in [4.78, 5) is 0. The molecule has 100 valence electrons. The van der Waals surface area contributed by atoms with Crippen LogP contribution in [0.4, 0.5) is 0 Å². The minimum Gasteiger partial charge on any atom is -0.489 e. The van der Waals surface area contributed by atoms with Crippen molar-refractivity contribution in [1.29, 1.82) is 0 Å². The molecular weight excluding hydrogens is 258 g/mol. The molecule has 2 nitrogen and oxygen atoms in total. The predicted molar refractivity (Wildman–Crippen MR) is 79.7 cm³/mol. The predicted octanol–water partition coefficient (Wildman–Crippen LogP) is 3.95. The summed E-state index contributed by atoms with van der Waals surface area (Å²) in [6, 6.07) is 14.0. The lowest BCUT2D eigenvalue weighted by Gasteiger charge is -2.12. The Morgan fingerprint density at radius 2 is 1.84 bits per heavy atom. The van der Waals surface area contributed by atoms with Gasteiger partial charge in [0.25, 0.3) is 0 Å². The zero-order chi connectivity index (χ0) is 13.7. The van der Waals surface area contributed by atoms with E-state index in [1.54, 1.807) is 0 Å². The van der Waals surface area contributed by atoms with E-state index in [-0.39, 0.29) is 0 Å². The van der Waals surface area contributed by atoms with Crippen LogP contribution < -0.4 is 10.1 Å². The van der Waals surface area contributed by atoms with Crippen molar-refractivity contribution in [2.45, 2.75) is 20.1 Å². The molecule has 0 atom stereocenters. The van der Waals surface area contributed by atoms with Crippen LogP contribution >= 0.6 is 11.6 Å².